The summed E-state index contributed by atoms with van der Waals surface area (Å²) < 4.78 is 8.83. The topological polar surface area (TPSA) is 38.9 Å². The van der Waals surface area contributed by atoms with Crippen molar-refractivity contribution >= 4 is 64.6 Å². The van der Waals surface area contributed by atoms with Crippen LogP contribution >= 0.6 is 11.3 Å². The Morgan fingerprint density at radius 2 is 1.22 bits per heavy atom. The standard InChI is InChI=1S/C46H30N2OS/c1-2-11-29(12-3-1)30-21-23-31(24-22-30)33-13-4-5-14-34(33)40-28-41(39-18-10-17-38-37-16-7-9-20-44(37)50-45(38)39)48-46(47-40)32-25-26-36-35-15-6-8-19-42(35)49-43(36)27-32/h1-4,6-13,15-28H,5,14H2. The second-order valence-electron chi connectivity index (χ2n) is 12.8. The van der Waals surface area contributed by atoms with Crippen molar-refractivity contribution < 1.29 is 4.42 Å². The Bertz CT molecular complexity index is 2800. The molecule has 1 aliphatic rings. The molecule has 3 nitrogen and oxygen atoms in total. The zero-order valence-electron chi connectivity index (χ0n) is 27.1. The van der Waals surface area contributed by atoms with Gasteiger partial charge in [-0.05, 0) is 71.0 Å². The lowest BCUT2D eigenvalue weighted by Gasteiger charge is -2.18. The summed E-state index contributed by atoms with van der Waals surface area (Å²) in [6.45, 7) is 0. The number of aromatic nitrogens is 2. The van der Waals surface area contributed by atoms with E-state index >= 15 is 0 Å². The molecule has 0 spiro atoms. The highest BCUT2D eigenvalue weighted by Crippen LogP contribution is 2.42. The molecule has 9 aromatic rings. The molecule has 0 N–H and O–H groups in total. The number of thiophene rings is 1. The molecular formula is C46H30N2OS. The molecular weight excluding hydrogens is 629 g/mol. The second-order valence-corrected chi connectivity index (χ2v) is 13.9. The monoisotopic (exact) mass is 658 g/mol. The van der Waals surface area contributed by atoms with E-state index in [0.717, 1.165) is 57.3 Å². The maximum Gasteiger partial charge on any atom is 0.160 e. The average Bonchev–Trinajstić information content (AvgIpc) is 3.76. The van der Waals surface area contributed by atoms with Crippen molar-refractivity contribution in [2.75, 3.05) is 0 Å². The molecule has 0 saturated carbocycles. The Balaban J connectivity index is 1.18. The molecule has 0 radical (unpaired) electrons. The molecule has 3 heterocycles. The van der Waals surface area contributed by atoms with Crippen LogP contribution in [0.4, 0.5) is 0 Å². The molecule has 0 unspecified atom stereocenters. The number of furan rings is 1. The fourth-order valence-electron chi connectivity index (χ4n) is 7.36. The van der Waals surface area contributed by atoms with Crippen LogP contribution in [0.25, 0.3) is 87.0 Å². The smallest absolute Gasteiger partial charge is 0.160 e. The van der Waals surface area contributed by atoms with Crippen LogP contribution < -0.4 is 0 Å². The van der Waals surface area contributed by atoms with Gasteiger partial charge in [0.1, 0.15) is 11.2 Å². The highest BCUT2D eigenvalue weighted by Gasteiger charge is 2.20. The van der Waals surface area contributed by atoms with Gasteiger partial charge in [0.25, 0.3) is 0 Å². The van der Waals surface area contributed by atoms with E-state index in [-0.39, 0.29) is 0 Å². The fraction of sp³-hybridized carbons (Fsp3) is 0.0435. The molecule has 236 valence electrons. The van der Waals surface area contributed by atoms with Crippen LogP contribution in [0.1, 0.15) is 24.1 Å². The first-order valence-electron chi connectivity index (χ1n) is 17.0. The molecule has 0 amide bonds. The van der Waals surface area contributed by atoms with Gasteiger partial charge >= 0.3 is 0 Å². The molecule has 50 heavy (non-hydrogen) atoms. The lowest BCUT2D eigenvalue weighted by Crippen LogP contribution is -2.02. The highest BCUT2D eigenvalue weighted by molar-refractivity contribution is 7.26. The van der Waals surface area contributed by atoms with Gasteiger partial charge in [-0.2, -0.15) is 0 Å². The average molecular weight is 659 g/mol. The van der Waals surface area contributed by atoms with Crippen LogP contribution in [0, 0.1) is 0 Å². The molecule has 0 atom stereocenters. The van der Waals surface area contributed by atoms with Gasteiger partial charge in [0.2, 0.25) is 0 Å². The summed E-state index contributed by atoms with van der Waals surface area (Å²) in [5.41, 5.74) is 11.7. The van der Waals surface area contributed by atoms with Gasteiger partial charge in [-0.25, -0.2) is 9.97 Å². The van der Waals surface area contributed by atoms with Gasteiger partial charge in [0, 0.05) is 42.1 Å². The molecule has 0 aliphatic heterocycles. The quantitative estimate of drug-likeness (QED) is 0.185. The number of allylic oxidation sites excluding steroid dienone is 4. The summed E-state index contributed by atoms with van der Waals surface area (Å²) in [6.07, 6.45) is 6.41. The summed E-state index contributed by atoms with van der Waals surface area (Å²) in [6, 6.07) is 51.5. The van der Waals surface area contributed by atoms with E-state index in [1.165, 1.54) is 48.0 Å². The van der Waals surface area contributed by atoms with Crippen molar-refractivity contribution in [3.63, 3.8) is 0 Å². The lowest BCUT2D eigenvalue weighted by molar-refractivity contribution is 0.669. The maximum atomic E-state index is 6.31. The minimum absolute atomic E-state index is 0.693. The van der Waals surface area contributed by atoms with E-state index < -0.39 is 0 Å². The van der Waals surface area contributed by atoms with Gasteiger partial charge < -0.3 is 4.42 Å². The van der Waals surface area contributed by atoms with E-state index in [2.05, 4.69) is 146 Å². The van der Waals surface area contributed by atoms with Crippen molar-refractivity contribution in [3.05, 3.63) is 169 Å². The zero-order chi connectivity index (χ0) is 33.0. The van der Waals surface area contributed by atoms with Crippen LogP contribution in [-0.2, 0) is 0 Å². The molecule has 0 saturated heterocycles. The van der Waals surface area contributed by atoms with Gasteiger partial charge in [-0.15, -0.1) is 11.3 Å². The largest absolute Gasteiger partial charge is 0.456 e. The number of para-hydroxylation sites is 1. The summed E-state index contributed by atoms with van der Waals surface area (Å²) in [5, 5.41) is 4.74. The summed E-state index contributed by atoms with van der Waals surface area (Å²) in [4.78, 5) is 10.6. The Hall–Kier alpha value is -6.10. The molecule has 0 bridgehead atoms. The number of hydrogen-bond acceptors (Lipinski definition) is 4. The van der Waals surface area contributed by atoms with Crippen molar-refractivity contribution in [2.24, 2.45) is 0 Å². The predicted molar refractivity (Wildman–Crippen MR) is 210 cm³/mol. The van der Waals surface area contributed by atoms with E-state index in [4.69, 9.17) is 14.4 Å². The lowest BCUT2D eigenvalue weighted by atomic mass is 9.89. The van der Waals surface area contributed by atoms with E-state index in [1.54, 1.807) is 0 Å². The first-order valence-corrected chi connectivity index (χ1v) is 17.9. The Morgan fingerprint density at radius 1 is 0.520 bits per heavy atom. The first-order chi connectivity index (χ1) is 24.8. The van der Waals surface area contributed by atoms with Gasteiger partial charge in [0.15, 0.2) is 5.82 Å². The summed E-state index contributed by atoms with van der Waals surface area (Å²) >= 11 is 1.83. The molecule has 0 fully saturated rings. The molecule has 6 aromatic carbocycles. The van der Waals surface area contributed by atoms with Crippen LogP contribution in [0.5, 0.6) is 0 Å². The normalized spacial score (nSPS) is 13.3. The third kappa shape index (κ3) is 4.88. The van der Waals surface area contributed by atoms with E-state index in [1.807, 2.05) is 23.5 Å². The van der Waals surface area contributed by atoms with Crippen molar-refractivity contribution in [2.45, 2.75) is 12.8 Å². The van der Waals surface area contributed by atoms with Crippen molar-refractivity contribution in [1.82, 2.24) is 9.97 Å². The van der Waals surface area contributed by atoms with Gasteiger partial charge in [0.05, 0.1) is 11.4 Å². The number of benzene rings is 6. The highest BCUT2D eigenvalue weighted by atomic mass is 32.1. The number of fused-ring (bicyclic) bond motifs is 6. The SMILES string of the molecule is C1=CC(c2ccc(-c3ccccc3)cc2)=C(c2cc(-c3cccc4c3sc3ccccc34)nc(-c3ccc4c(c3)oc3ccccc34)n2)CC1. The van der Waals surface area contributed by atoms with Crippen LogP contribution in [0.2, 0.25) is 0 Å². The van der Waals surface area contributed by atoms with Gasteiger partial charge in [-0.1, -0.05) is 127 Å². The minimum atomic E-state index is 0.693. The maximum absolute atomic E-state index is 6.31. The minimum Gasteiger partial charge on any atom is -0.456 e. The number of hydrogen-bond donors (Lipinski definition) is 0. The van der Waals surface area contributed by atoms with Crippen LogP contribution in [-0.4, -0.2) is 9.97 Å². The fourth-order valence-corrected chi connectivity index (χ4v) is 8.58. The Labute approximate surface area is 293 Å². The summed E-state index contributed by atoms with van der Waals surface area (Å²) in [7, 11) is 0. The van der Waals surface area contributed by atoms with E-state index in [0.29, 0.717) is 5.82 Å². The molecule has 10 rings (SSSR count). The first kappa shape index (κ1) is 28.9. The number of rotatable bonds is 5. The third-order valence-electron chi connectivity index (χ3n) is 9.83. The Kier molecular flexibility index (Phi) is 6.81. The van der Waals surface area contributed by atoms with E-state index in [9.17, 15) is 0 Å². The number of nitrogens with zero attached hydrogens (tertiary/aromatic N) is 2. The predicted octanol–water partition coefficient (Wildman–Crippen LogP) is 13.0. The Morgan fingerprint density at radius 3 is 2.12 bits per heavy atom. The molecule has 3 aromatic heterocycles. The molecule has 1 aliphatic carbocycles. The zero-order valence-corrected chi connectivity index (χ0v) is 28.0. The van der Waals surface area contributed by atoms with Gasteiger partial charge in [-0.3, -0.25) is 0 Å². The second kappa shape index (κ2) is 11.8. The molecule has 4 heteroatoms. The van der Waals surface area contributed by atoms with Crippen LogP contribution in [0.3, 0.4) is 0 Å². The van der Waals surface area contributed by atoms with Crippen molar-refractivity contribution in [3.8, 4) is 33.8 Å². The van der Waals surface area contributed by atoms with Crippen molar-refractivity contribution in [1.29, 1.82) is 0 Å². The summed E-state index contributed by atoms with van der Waals surface area (Å²) in [5.74, 6) is 0.693. The third-order valence-corrected chi connectivity index (χ3v) is 11.0. The van der Waals surface area contributed by atoms with Crippen LogP contribution in [0.15, 0.2) is 162 Å².